The number of piperazine rings is 1. The van der Waals surface area contributed by atoms with Crippen molar-refractivity contribution in [3.05, 3.63) is 0 Å². The van der Waals surface area contributed by atoms with Gasteiger partial charge < -0.3 is 10.6 Å². The normalized spacial score (nSPS) is 16.9. The van der Waals surface area contributed by atoms with E-state index in [0.29, 0.717) is 0 Å². The summed E-state index contributed by atoms with van der Waals surface area (Å²) in [5.74, 6) is 0.942. The van der Waals surface area contributed by atoms with Crippen molar-refractivity contribution in [3.63, 3.8) is 0 Å². The Bertz CT molecular complexity index is 260. The maximum Gasteiger partial charge on any atom is 0.236 e. The maximum atomic E-state index is 11.5. The highest BCUT2D eigenvalue weighted by atomic mass is 16.2. The third-order valence-corrected chi connectivity index (χ3v) is 4.16. The molecule has 0 aromatic rings. The molecule has 1 amide bonds. The van der Waals surface area contributed by atoms with E-state index < -0.39 is 0 Å². The molecule has 4 nitrogen and oxygen atoms in total. The van der Waals surface area contributed by atoms with Crippen LogP contribution in [-0.2, 0) is 4.79 Å². The smallest absolute Gasteiger partial charge is 0.236 e. The van der Waals surface area contributed by atoms with Crippen molar-refractivity contribution in [1.29, 1.82) is 0 Å². The molecule has 4 heteroatoms. The van der Waals surface area contributed by atoms with Crippen LogP contribution in [-0.4, -0.2) is 55.0 Å². The number of unbranched alkanes of at least 4 members (excludes halogenated alkanes) is 4. The first kappa shape index (κ1) is 17.4. The highest BCUT2D eigenvalue weighted by Crippen LogP contribution is 2.11. The first-order chi connectivity index (χ1) is 9.63. The standard InChI is InChI=1S/C16H33N3O/c1-15(2)8-6-4-3-5-7-9-18-10-12-19(13-11-18)16(20)14-17/h15H,3-14,17H2,1-2H3. The summed E-state index contributed by atoms with van der Waals surface area (Å²) < 4.78 is 0. The van der Waals surface area contributed by atoms with Crippen LogP contribution in [0.4, 0.5) is 0 Å². The van der Waals surface area contributed by atoms with E-state index in [1.807, 2.05) is 4.90 Å². The van der Waals surface area contributed by atoms with E-state index in [4.69, 9.17) is 5.73 Å². The lowest BCUT2D eigenvalue weighted by molar-refractivity contribution is -0.131. The van der Waals surface area contributed by atoms with Crippen molar-refractivity contribution in [2.45, 2.75) is 52.4 Å². The number of carbonyl (C=O) groups is 1. The summed E-state index contributed by atoms with van der Waals surface area (Å²) in [6, 6.07) is 0. The molecule has 0 atom stereocenters. The van der Waals surface area contributed by atoms with Gasteiger partial charge in [-0.15, -0.1) is 0 Å². The minimum Gasteiger partial charge on any atom is -0.339 e. The lowest BCUT2D eigenvalue weighted by Gasteiger charge is -2.34. The Balaban J connectivity index is 1.95. The summed E-state index contributed by atoms with van der Waals surface area (Å²) in [4.78, 5) is 15.8. The summed E-state index contributed by atoms with van der Waals surface area (Å²) in [5.41, 5.74) is 5.39. The summed E-state index contributed by atoms with van der Waals surface area (Å²) in [6.45, 7) is 9.67. The molecule has 0 unspecified atom stereocenters. The van der Waals surface area contributed by atoms with Crippen molar-refractivity contribution in [2.24, 2.45) is 11.7 Å². The minimum absolute atomic E-state index is 0.0924. The van der Waals surface area contributed by atoms with Gasteiger partial charge in [-0.3, -0.25) is 9.69 Å². The maximum absolute atomic E-state index is 11.5. The van der Waals surface area contributed by atoms with E-state index in [2.05, 4.69) is 18.7 Å². The largest absolute Gasteiger partial charge is 0.339 e. The van der Waals surface area contributed by atoms with Crippen molar-refractivity contribution >= 4 is 5.91 Å². The predicted molar refractivity (Wildman–Crippen MR) is 84.6 cm³/mol. The number of rotatable bonds is 9. The van der Waals surface area contributed by atoms with Crippen molar-refractivity contribution in [1.82, 2.24) is 9.80 Å². The molecule has 20 heavy (non-hydrogen) atoms. The van der Waals surface area contributed by atoms with Crippen LogP contribution in [0.3, 0.4) is 0 Å². The van der Waals surface area contributed by atoms with Gasteiger partial charge in [0.1, 0.15) is 0 Å². The van der Waals surface area contributed by atoms with Crippen LogP contribution in [0.1, 0.15) is 52.4 Å². The Kier molecular flexibility index (Phi) is 8.86. The lowest BCUT2D eigenvalue weighted by Crippen LogP contribution is -2.50. The quantitative estimate of drug-likeness (QED) is 0.659. The van der Waals surface area contributed by atoms with Crippen LogP contribution in [0, 0.1) is 5.92 Å². The molecule has 0 aromatic heterocycles. The average Bonchev–Trinajstić information content (AvgIpc) is 2.45. The second-order valence-electron chi connectivity index (χ2n) is 6.38. The SMILES string of the molecule is CC(C)CCCCCCCN1CCN(C(=O)CN)CC1. The third kappa shape index (κ3) is 7.25. The van der Waals surface area contributed by atoms with Crippen LogP contribution in [0.5, 0.6) is 0 Å². The average molecular weight is 283 g/mol. The molecule has 0 radical (unpaired) electrons. The first-order valence-electron chi connectivity index (χ1n) is 8.33. The molecule has 0 aromatic carbocycles. The van der Waals surface area contributed by atoms with E-state index >= 15 is 0 Å². The molecule has 1 aliphatic heterocycles. The van der Waals surface area contributed by atoms with Crippen molar-refractivity contribution in [3.8, 4) is 0 Å². The Morgan fingerprint density at radius 1 is 1.00 bits per heavy atom. The molecule has 0 spiro atoms. The highest BCUT2D eigenvalue weighted by Gasteiger charge is 2.19. The molecule has 1 saturated heterocycles. The van der Waals surface area contributed by atoms with Crippen molar-refractivity contribution in [2.75, 3.05) is 39.3 Å². The van der Waals surface area contributed by atoms with Crippen LogP contribution >= 0.6 is 0 Å². The van der Waals surface area contributed by atoms with E-state index in [1.54, 1.807) is 0 Å². The molecular weight excluding hydrogens is 250 g/mol. The van der Waals surface area contributed by atoms with E-state index in [1.165, 1.54) is 45.1 Å². The van der Waals surface area contributed by atoms with Gasteiger partial charge >= 0.3 is 0 Å². The van der Waals surface area contributed by atoms with Crippen LogP contribution in [0.25, 0.3) is 0 Å². The first-order valence-corrected chi connectivity index (χ1v) is 8.33. The van der Waals surface area contributed by atoms with Gasteiger partial charge in [0.05, 0.1) is 6.54 Å². The number of nitrogens with zero attached hydrogens (tertiary/aromatic N) is 2. The Hall–Kier alpha value is -0.610. The molecule has 0 bridgehead atoms. The number of carbonyl (C=O) groups excluding carboxylic acids is 1. The second kappa shape index (κ2) is 10.2. The van der Waals surface area contributed by atoms with Crippen LogP contribution in [0.2, 0.25) is 0 Å². The van der Waals surface area contributed by atoms with E-state index in [0.717, 1.165) is 32.1 Å². The highest BCUT2D eigenvalue weighted by molar-refractivity contribution is 5.78. The summed E-state index contributed by atoms with van der Waals surface area (Å²) in [7, 11) is 0. The molecule has 0 aliphatic carbocycles. The summed E-state index contributed by atoms with van der Waals surface area (Å²) in [6.07, 6.45) is 8.16. The van der Waals surface area contributed by atoms with Gasteiger partial charge in [0.15, 0.2) is 0 Å². The molecule has 1 aliphatic rings. The topological polar surface area (TPSA) is 49.6 Å². The van der Waals surface area contributed by atoms with Gasteiger partial charge in [0.2, 0.25) is 5.91 Å². The molecule has 0 saturated carbocycles. The Labute approximate surface area is 124 Å². The fourth-order valence-corrected chi connectivity index (χ4v) is 2.77. The zero-order valence-electron chi connectivity index (χ0n) is 13.4. The second-order valence-corrected chi connectivity index (χ2v) is 6.38. The molecular formula is C16H33N3O. The number of amides is 1. The summed E-state index contributed by atoms with van der Waals surface area (Å²) >= 11 is 0. The predicted octanol–water partition coefficient (Wildman–Crippen LogP) is 2.09. The number of nitrogens with two attached hydrogens (primary N) is 1. The Morgan fingerprint density at radius 2 is 1.60 bits per heavy atom. The fourth-order valence-electron chi connectivity index (χ4n) is 2.77. The number of hydrogen-bond acceptors (Lipinski definition) is 3. The fraction of sp³-hybridized carbons (Fsp3) is 0.938. The van der Waals surface area contributed by atoms with Gasteiger partial charge in [-0.05, 0) is 18.9 Å². The zero-order chi connectivity index (χ0) is 14.8. The Morgan fingerprint density at radius 3 is 2.20 bits per heavy atom. The summed E-state index contributed by atoms with van der Waals surface area (Å²) in [5, 5.41) is 0. The van der Waals surface area contributed by atoms with Gasteiger partial charge in [0, 0.05) is 26.2 Å². The molecule has 1 heterocycles. The monoisotopic (exact) mass is 283 g/mol. The zero-order valence-corrected chi connectivity index (χ0v) is 13.4. The molecule has 1 fully saturated rings. The molecule has 118 valence electrons. The van der Waals surface area contributed by atoms with Crippen molar-refractivity contribution < 1.29 is 4.79 Å². The van der Waals surface area contributed by atoms with Crippen LogP contribution in [0.15, 0.2) is 0 Å². The third-order valence-electron chi connectivity index (χ3n) is 4.16. The van der Waals surface area contributed by atoms with Crippen LogP contribution < -0.4 is 5.73 Å². The number of hydrogen-bond donors (Lipinski definition) is 1. The van der Waals surface area contributed by atoms with Gasteiger partial charge in [-0.1, -0.05) is 46.0 Å². The van der Waals surface area contributed by atoms with E-state index in [9.17, 15) is 4.79 Å². The molecule has 1 rings (SSSR count). The van der Waals surface area contributed by atoms with Gasteiger partial charge in [-0.25, -0.2) is 0 Å². The molecule has 2 N–H and O–H groups in total. The van der Waals surface area contributed by atoms with Gasteiger partial charge in [-0.2, -0.15) is 0 Å². The minimum atomic E-state index is 0.0924. The lowest BCUT2D eigenvalue weighted by atomic mass is 10.0. The van der Waals surface area contributed by atoms with E-state index in [-0.39, 0.29) is 12.5 Å². The van der Waals surface area contributed by atoms with Gasteiger partial charge in [0.25, 0.3) is 0 Å².